The second-order valence-corrected chi connectivity index (χ2v) is 4.64. The highest BCUT2D eigenvalue weighted by Crippen LogP contribution is 2.27. The van der Waals surface area contributed by atoms with Gasteiger partial charge in [0.05, 0.1) is 6.20 Å². The summed E-state index contributed by atoms with van der Waals surface area (Å²) in [5, 5.41) is 4.19. The Morgan fingerprint density at radius 2 is 2.11 bits per heavy atom. The molecule has 1 aromatic carbocycles. The molecule has 0 saturated carbocycles. The number of carbonyl (C=O) groups excluding carboxylic acids is 1. The van der Waals surface area contributed by atoms with Crippen LogP contribution in [-0.2, 0) is 13.5 Å². The van der Waals surface area contributed by atoms with E-state index in [1.807, 2.05) is 49.0 Å². The molecular weight excluding hydrogens is 224 g/mol. The maximum atomic E-state index is 12.2. The number of hydrogen-bond donors (Lipinski definition) is 0. The summed E-state index contributed by atoms with van der Waals surface area (Å²) in [6.07, 6.45) is 4.49. The molecule has 0 unspecified atom stereocenters. The lowest BCUT2D eigenvalue weighted by molar-refractivity contribution is 0.104. The molecule has 3 nitrogen and oxygen atoms in total. The molecule has 1 aromatic heterocycles. The molecule has 0 aliphatic heterocycles. The third-order valence-electron chi connectivity index (χ3n) is 3.54. The molecule has 90 valence electrons. The molecule has 0 radical (unpaired) electrons. The fourth-order valence-electron chi connectivity index (χ4n) is 2.32. The third-order valence-corrected chi connectivity index (χ3v) is 3.54. The highest BCUT2D eigenvalue weighted by Gasteiger charge is 2.24. The van der Waals surface area contributed by atoms with Gasteiger partial charge in [-0.25, -0.2) is 0 Å². The fourth-order valence-corrected chi connectivity index (χ4v) is 2.32. The Morgan fingerprint density at radius 1 is 1.33 bits per heavy atom. The molecule has 0 amide bonds. The van der Waals surface area contributed by atoms with Crippen LogP contribution in [-0.4, -0.2) is 15.6 Å². The molecule has 0 bridgehead atoms. The van der Waals surface area contributed by atoms with Crippen LogP contribution in [0, 0.1) is 6.92 Å². The quantitative estimate of drug-likeness (QED) is 0.716. The SMILES string of the molecule is Cc1c(C=C2Cc3ccccc3C2=O)cnn1C. The standard InChI is InChI=1S/C15H14N2O/c1-10-13(9-16-17(10)2)8-12-7-11-5-3-4-6-14(11)15(12)18/h3-6,8-9H,7H2,1-2H3. The van der Waals surface area contributed by atoms with E-state index >= 15 is 0 Å². The number of aromatic nitrogens is 2. The number of benzene rings is 1. The minimum atomic E-state index is 0.147. The van der Waals surface area contributed by atoms with Crippen LogP contribution < -0.4 is 0 Å². The van der Waals surface area contributed by atoms with Gasteiger partial charge in [-0.2, -0.15) is 5.10 Å². The minimum absolute atomic E-state index is 0.147. The number of carbonyl (C=O) groups is 1. The first kappa shape index (κ1) is 11.0. The molecule has 3 heteroatoms. The average Bonchev–Trinajstić information content (AvgIpc) is 2.86. The first-order valence-corrected chi connectivity index (χ1v) is 5.98. The number of rotatable bonds is 1. The van der Waals surface area contributed by atoms with Crippen LogP contribution in [0.25, 0.3) is 6.08 Å². The van der Waals surface area contributed by atoms with Gasteiger partial charge in [-0.1, -0.05) is 24.3 Å². The molecule has 3 rings (SSSR count). The van der Waals surface area contributed by atoms with Crippen LogP contribution in [0.15, 0.2) is 36.0 Å². The van der Waals surface area contributed by atoms with Crippen LogP contribution in [0.3, 0.4) is 0 Å². The van der Waals surface area contributed by atoms with E-state index in [9.17, 15) is 4.79 Å². The molecule has 1 aliphatic carbocycles. The number of Topliss-reactive ketones (excluding diaryl/α,β-unsaturated/α-hetero) is 1. The van der Waals surface area contributed by atoms with Gasteiger partial charge in [-0.3, -0.25) is 9.48 Å². The Kier molecular flexibility index (Phi) is 2.40. The molecule has 0 N–H and O–H groups in total. The van der Waals surface area contributed by atoms with E-state index in [2.05, 4.69) is 5.10 Å². The number of hydrogen-bond acceptors (Lipinski definition) is 2. The lowest BCUT2D eigenvalue weighted by Gasteiger charge is -1.96. The number of nitrogens with zero attached hydrogens (tertiary/aromatic N) is 2. The Balaban J connectivity index is 2.02. The molecule has 18 heavy (non-hydrogen) atoms. The zero-order valence-electron chi connectivity index (χ0n) is 10.5. The summed E-state index contributed by atoms with van der Waals surface area (Å²) >= 11 is 0. The molecule has 0 spiro atoms. The summed E-state index contributed by atoms with van der Waals surface area (Å²) in [4.78, 5) is 12.2. The summed E-state index contributed by atoms with van der Waals surface area (Å²) in [6, 6.07) is 7.80. The Hall–Kier alpha value is -2.16. The average molecular weight is 238 g/mol. The Morgan fingerprint density at radius 3 is 2.78 bits per heavy atom. The topological polar surface area (TPSA) is 34.9 Å². The summed E-state index contributed by atoms with van der Waals surface area (Å²) in [6.45, 7) is 2.01. The van der Waals surface area contributed by atoms with Gasteiger partial charge in [0.2, 0.25) is 0 Å². The van der Waals surface area contributed by atoms with E-state index < -0.39 is 0 Å². The summed E-state index contributed by atoms with van der Waals surface area (Å²) in [7, 11) is 1.91. The van der Waals surface area contributed by atoms with Crippen LogP contribution in [0.2, 0.25) is 0 Å². The van der Waals surface area contributed by atoms with Crippen molar-refractivity contribution in [2.75, 3.05) is 0 Å². The van der Waals surface area contributed by atoms with Gasteiger partial charge in [0, 0.05) is 35.9 Å². The van der Waals surface area contributed by atoms with Gasteiger partial charge in [-0.05, 0) is 18.6 Å². The van der Waals surface area contributed by atoms with Crippen LogP contribution >= 0.6 is 0 Å². The second kappa shape index (κ2) is 3.95. The van der Waals surface area contributed by atoms with Crippen molar-refractivity contribution >= 4 is 11.9 Å². The summed E-state index contributed by atoms with van der Waals surface area (Å²) in [5.41, 5.74) is 4.91. The smallest absolute Gasteiger partial charge is 0.189 e. The van der Waals surface area contributed by atoms with Crippen molar-refractivity contribution in [3.8, 4) is 0 Å². The van der Waals surface area contributed by atoms with Crippen molar-refractivity contribution in [1.29, 1.82) is 0 Å². The molecule has 0 saturated heterocycles. The largest absolute Gasteiger partial charge is 0.289 e. The fraction of sp³-hybridized carbons (Fsp3) is 0.200. The molecule has 1 aliphatic rings. The predicted octanol–water partition coefficient (Wildman–Crippen LogP) is 2.55. The van der Waals surface area contributed by atoms with Gasteiger partial charge in [0.25, 0.3) is 0 Å². The number of ketones is 1. The van der Waals surface area contributed by atoms with Crippen molar-refractivity contribution in [2.24, 2.45) is 7.05 Å². The van der Waals surface area contributed by atoms with Gasteiger partial charge in [0.15, 0.2) is 5.78 Å². The predicted molar refractivity (Wildman–Crippen MR) is 70.4 cm³/mol. The second-order valence-electron chi connectivity index (χ2n) is 4.64. The maximum absolute atomic E-state index is 12.2. The lowest BCUT2D eigenvalue weighted by Crippen LogP contribution is -1.96. The van der Waals surface area contributed by atoms with E-state index in [0.29, 0.717) is 0 Å². The van der Waals surface area contributed by atoms with Crippen LogP contribution in [0.5, 0.6) is 0 Å². The zero-order valence-corrected chi connectivity index (χ0v) is 10.5. The van der Waals surface area contributed by atoms with Crippen LogP contribution in [0.4, 0.5) is 0 Å². The molecular formula is C15H14N2O. The van der Waals surface area contributed by atoms with Crippen molar-refractivity contribution < 1.29 is 4.79 Å². The molecule has 0 atom stereocenters. The minimum Gasteiger partial charge on any atom is -0.289 e. The van der Waals surface area contributed by atoms with E-state index in [0.717, 1.165) is 34.4 Å². The number of aryl methyl sites for hydroxylation is 1. The molecule has 1 heterocycles. The number of fused-ring (bicyclic) bond motifs is 1. The highest BCUT2D eigenvalue weighted by atomic mass is 16.1. The van der Waals surface area contributed by atoms with E-state index in [1.54, 1.807) is 6.20 Å². The molecule has 2 aromatic rings. The monoisotopic (exact) mass is 238 g/mol. The van der Waals surface area contributed by atoms with E-state index in [1.165, 1.54) is 0 Å². The first-order valence-electron chi connectivity index (χ1n) is 5.98. The summed E-state index contributed by atoms with van der Waals surface area (Å²) in [5.74, 6) is 0.147. The third kappa shape index (κ3) is 1.59. The normalized spacial score (nSPS) is 16.3. The number of allylic oxidation sites excluding steroid dienone is 1. The summed E-state index contributed by atoms with van der Waals surface area (Å²) < 4.78 is 1.82. The first-order chi connectivity index (χ1) is 8.66. The maximum Gasteiger partial charge on any atom is 0.189 e. The van der Waals surface area contributed by atoms with E-state index in [-0.39, 0.29) is 5.78 Å². The van der Waals surface area contributed by atoms with Gasteiger partial charge in [0.1, 0.15) is 0 Å². The lowest BCUT2D eigenvalue weighted by atomic mass is 10.1. The van der Waals surface area contributed by atoms with Gasteiger partial charge < -0.3 is 0 Å². The van der Waals surface area contributed by atoms with Gasteiger partial charge in [-0.15, -0.1) is 0 Å². The van der Waals surface area contributed by atoms with Crippen molar-refractivity contribution in [3.63, 3.8) is 0 Å². The highest BCUT2D eigenvalue weighted by molar-refractivity contribution is 6.15. The van der Waals surface area contributed by atoms with Gasteiger partial charge >= 0.3 is 0 Å². The van der Waals surface area contributed by atoms with Crippen molar-refractivity contribution in [2.45, 2.75) is 13.3 Å². The Bertz CT molecular complexity index is 665. The van der Waals surface area contributed by atoms with E-state index in [4.69, 9.17) is 0 Å². The zero-order chi connectivity index (χ0) is 12.7. The molecule has 0 fully saturated rings. The Labute approximate surface area is 106 Å². The van der Waals surface area contributed by atoms with Crippen molar-refractivity contribution in [3.05, 3.63) is 58.4 Å². The van der Waals surface area contributed by atoms with Crippen LogP contribution in [0.1, 0.15) is 27.2 Å². The van der Waals surface area contributed by atoms with Crippen molar-refractivity contribution in [1.82, 2.24) is 9.78 Å².